The predicted octanol–water partition coefficient (Wildman–Crippen LogP) is 2.70. The van der Waals surface area contributed by atoms with Gasteiger partial charge in [0.2, 0.25) is 5.91 Å². The van der Waals surface area contributed by atoms with Gasteiger partial charge in [0, 0.05) is 43.4 Å². The van der Waals surface area contributed by atoms with Gasteiger partial charge in [0.15, 0.2) is 0 Å². The van der Waals surface area contributed by atoms with Gasteiger partial charge in [-0.15, -0.1) is 0 Å². The molecule has 0 unspecified atom stereocenters. The second-order valence-corrected chi connectivity index (χ2v) is 6.42. The van der Waals surface area contributed by atoms with Crippen LogP contribution in [0.1, 0.15) is 15.9 Å². The Morgan fingerprint density at radius 2 is 1.57 bits per heavy atom. The molecule has 146 valence electrons. The Balaban J connectivity index is 1.60. The van der Waals surface area contributed by atoms with Crippen molar-refractivity contribution in [2.75, 3.05) is 40.4 Å². The van der Waals surface area contributed by atoms with E-state index in [1.807, 2.05) is 36.4 Å². The summed E-state index contributed by atoms with van der Waals surface area (Å²) in [5, 5.41) is 0. The fourth-order valence-electron chi connectivity index (χ4n) is 3.13. The highest BCUT2D eigenvalue weighted by Crippen LogP contribution is 2.25. The lowest BCUT2D eigenvalue weighted by molar-refractivity contribution is -0.127. The number of methoxy groups -OCH3 is 2. The van der Waals surface area contributed by atoms with Crippen molar-refractivity contribution in [1.29, 1.82) is 0 Å². The number of carbonyl (C=O) groups excluding carboxylic acids is 2. The molecule has 1 saturated heterocycles. The van der Waals surface area contributed by atoms with Crippen LogP contribution in [0.4, 0.5) is 0 Å². The van der Waals surface area contributed by atoms with Crippen molar-refractivity contribution in [1.82, 2.24) is 9.80 Å². The molecule has 6 nitrogen and oxygen atoms in total. The van der Waals surface area contributed by atoms with Crippen LogP contribution in [0.25, 0.3) is 6.08 Å². The molecule has 0 bridgehead atoms. The first-order valence-corrected chi connectivity index (χ1v) is 9.15. The third-order valence-corrected chi connectivity index (χ3v) is 4.74. The Morgan fingerprint density at radius 3 is 2.21 bits per heavy atom. The molecule has 6 heteroatoms. The number of benzene rings is 2. The number of amides is 2. The van der Waals surface area contributed by atoms with E-state index in [1.165, 1.54) is 6.08 Å². The Bertz CT molecular complexity index is 856. The van der Waals surface area contributed by atoms with E-state index < -0.39 is 0 Å². The summed E-state index contributed by atoms with van der Waals surface area (Å²) < 4.78 is 10.6. The molecule has 0 atom stereocenters. The van der Waals surface area contributed by atoms with Crippen LogP contribution < -0.4 is 9.47 Å². The minimum absolute atomic E-state index is 0.00404. The van der Waals surface area contributed by atoms with Crippen molar-refractivity contribution < 1.29 is 19.1 Å². The van der Waals surface area contributed by atoms with Gasteiger partial charge in [-0.1, -0.05) is 18.2 Å². The fourth-order valence-corrected chi connectivity index (χ4v) is 3.13. The Labute approximate surface area is 165 Å². The summed E-state index contributed by atoms with van der Waals surface area (Å²) in [6, 6.07) is 14.6. The first-order valence-electron chi connectivity index (χ1n) is 9.15. The number of rotatable bonds is 5. The maximum atomic E-state index is 12.5. The molecule has 0 N–H and O–H groups in total. The number of hydrogen-bond acceptors (Lipinski definition) is 4. The van der Waals surface area contributed by atoms with Gasteiger partial charge in [0.25, 0.3) is 5.91 Å². The van der Waals surface area contributed by atoms with Gasteiger partial charge in [-0.25, -0.2) is 0 Å². The van der Waals surface area contributed by atoms with Crippen molar-refractivity contribution in [3.8, 4) is 11.5 Å². The van der Waals surface area contributed by atoms with Crippen molar-refractivity contribution in [3.05, 3.63) is 65.7 Å². The van der Waals surface area contributed by atoms with Crippen molar-refractivity contribution in [2.45, 2.75) is 0 Å². The van der Waals surface area contributed by atoms with Crippen LogP contribution in [0, 0.1) is 0 Å². The van der Waals surface area contributed by atoms with Gasteiger partial charge in [-0.3, -0.25) is 9.59 Å². The molecule has 0 spiro atoms. The maximum Gasteiger partial charge on any atom is 0.253 e. The second-order valence-electron chi connectivity index (χ2n) is 6.42. The summed E-state index contributed by atoms with van der Waals surface area (Å²) in [6.45, 7) is 2.07. The molecule has 2 amide bonds. The number of ether oxygens (including phenoxy) is 2. The second kappa shape index (κ2) is 9.08. The van der Waals surface area contributed by atoms with E-state index in [9.17, 15) is 9.59 Å². The minimum atomic E-state index is -0.0864. The molecule has 2 aromatic rings. The van der Waals surface area contributed by atoms with Gasteiger partial charge in [-0.2, -0.15) is 0 Å². The first-order chi connectivity index (χ1) is 13.6. The van der Waals surface area contributed by atoms with Crippen LogP contribution in [0.5, 0.6) is 11.5 Å². The zero-order valence-corrected chi connectivity index (χ0v) is 16.1. The van der Waals surface area contributed by atoms with Gasteiger partial charge < -0.3 is 19.3 Å². The predicted molar refractivity (Wildman–Crippen MR) is 108 cm³/mol. The standard InChI is InChI=1S/C22H24N2O4/c1-27-19-9-10-20(28-2)18(16-19)8-11-21(25)23-12-14-24(15-13-23)22(26)17-6-4-3-5-7-17/h3-11,16H,12-15H2,1-2H3/b11-8+. The lowest BCUT2D eigenvalue weighted by atomic mass is 10.1. The minimum Gasteiger partial charge on any atom is -0.497 e. The number of piperazine rings is 1. The Hall–Kier alpha value is -3.28. The third-order valence-electron chi connectivity index (χ3n) is 4.74. The van der Waals surface area contributed by atoms with Crippen LogP contribution in [0.15, 0.2) is 54.6 Å². The van der Waals surface area contributed by atoms with Gasteiger partial charge in [0.05, 0.1) is 14.2 Å². The zero-order chi connectivity index (χ0) is 19.9. The van der Waals surface area contributed by atoms with Gasteiger partial charge in [-0.05, 0) is 36.4 Å². The molecule has 28 heavy (non-hydrogen) atoms. The summed E-state index contributed by atoms with van der Waals surface area (Å²) in [6.07, 6.45) is 3.26. The summed E-state index contributed by atoms with van der Waals surface area (Å²) in [5.41, 5.74) is 1.44. The molecule has 0 radical (unpaired) electrons. The van der Waals surface area contributed by atoms with Crippen LogP contribution in [-0.4, -0.2) is 62.0 Å². The highest BCUT2D eigenvalue weighted by molar-refractivity contribution is 5.95. The monoisotopic (exact) mass is 380 g/mol. The summed E-state index contributed by atoms with van der Waals surface area (Å²) in [7, 11) is 3.18. The number of hydrogen-bond donors (Lipinski definition) is 0. The van der Waals surface area contributed by atoms with E-state index in [-0.39, 0.29) is 11.8 Å². The summed E-state index contributed by atoms with van der Waals surface area (Å²) in [4.78, 5) is 28.6. The van der Waals surface area contributed by atoms with Gasteiger partial charge in [0.1, 0.15) is 11.5 Å². The number of carbonyl (C=O) groups is 2. The molecule has 0 aliphatic carbocycles. The summed E-state index contributed by atoms with van der Waals surface area (Å²) >= 11 is 0. The molecule has 3 rings (SSSR count). The quantitative estimate of drug-likeness (QED) is 0.749. The molecular weight excluding hydrogens is 356 g/mol. The average Bonchev–Trinajstić information content (AvgIpc) is 2.77. The lowest BCUT2D eigenvalue weighted by Crippen LogP contribution is -2.50. The van der Waals surface area contributed by atoms with E-state index in [0.29, 0.717) is 43.2 Å². The van der Waals surface area contributed by atoms with Gasteiger partial charge >= 0.3 is 0 Å². The van der Waals surface area contributed by atoms with Crippen molar-refractivity contribution >= 4 is 17.9 Å². The average molecular weight is 380 g/mol. The van der Waals surface area contributed by atoms with E-state index in [2.05, 4.69) is 0 Å². The van der Waals surface area contributed by atoms with Crippen molar-refractivity contribution in [3.63, 3.8) is 0 Å². The third kappa shape index (κ3) is 4.52. The molecule has 0 saturated carbocycles. The van der Waals surface area contributed by atoms with E-state index >= 15 is 0 Å². The highest BCUT2D eigenvalue weighted by atomic mass is 16.5. The largest absolute Gasteiger partial charge is 0.497 e. The van der Waals surface area contributed by atoms with Crippen LogP contribution in [0.2, 0.25) is 0 Å². The molecule has 0 aromatic heterocycles. The van der Waals surface area contributed by atoms with E-state index in [0.717, 1.165) is 5.56 Å². The molecule has 1 fully saturated rings. The molecule has 1 aliphatic heterocycles. The lowest BCUT2D eigenvalue weighted by Gasteiger charge is -2.34. The smallest absolute Gasteiger partial charge is 0.253 e. The number of nitrogens with zero attached hydrogens (tertiary/aromatic N) is 2. The topological polar surface area (TPSA) is 59.1 Å². The van der Waals surface area contributed by atoms with E-state index in [1.54, 1.807) is 42.2 Å². The molecule has 2 aromatic carbocycles. The fraction of sp³-hybridized carbons (Fsp3) is 0.273. The SMILES string of the molecule is COc1ccc(OC)c(/C=C/C(=O)N2CCN(C(=O)c3ccccc3)CC2)c1. The summed E-state index contributed by atoms with van der Waals surface area (Å²) in [5.74, 6) is 1.28. The first kappa shape index (κ1) is 19.5. The molecule has 1 aliphatic rings. The Kier molecular flexibility index (Phi) is 6.32. The molecular formula is C22H24N2O4. The zero-order valence-electron chi connectivity index (χ0n) is 16.1. The highest BCUT2D eigenvalue weighted by Gasteiger charge is 2.23. The van der Waals surface area contributed by atoms with Crippen LogP contribution in [0.3, 0.4) is 0 Å². The molecule has 1 heterocycles. The normalized spacial score (nSPS) is 14.2. The Morgan fingerprint density at radius 1 is 0.893 bits per heavy atom. The van der Waals surface area contributed by atoms with Crippen molar-refractivity contribution in [2.24, 2.45) is 0 Å². The maximum absolute atomic E-state index is 12.5. The van der Waals surface area contributed by atoms with E-state index in [4.69, 9.17) is 9.47 Å². The van der Waals surface area contributed by atoms with Crippen LogP contribution >= 0.6 is 0 Å². The van der Waals surface area contributed by atoms with Crippen LogP contribution in [-0.2, 0) is 4.79 Å².